The summed E-state index contributed by atoms with van der Waals surface area (Å²) in [5.74, 6) is -1.29. The van der Waals surface area contributed by atoms with Crippen LogP contribution < -0.4 is 11.2 Å². The molecule has 8 heteroatoms. The number of aryl methyl sites for hydroxylation is 1. The Labute approximate surface area is 119 Å². The van der Waals surface area contributed by atoms with E-state index in [1.54, 1.807) is 6.92 Å². The maximum Gasteiger partial charge on any atom is 0.326 e. The lowest BCUT2D eigenvalue weighted by atomic mass is 10.1. The largest absolute Gasteiger partial charge is 0.480 e. The molecular formula is C13H17N3O5. The Bertz CT molecular complexity index is 675. The second-order valence-corrected chi connectivity index (χ2v) is 5.10. The van der Waals surface area contributed by atoms with Gasteiger partial charge in [0.2, 0.25) is 5.91 Å². The third kappa shape index (κ3) is 3.21. The molecule has 3 N–H and O–H groups in total. The summed E-state index contributed by atoms with van der Waals surface area (Å²) in [6.07, 6.45) is 1.33. The molecule has 0 aliphatic carbocycles. The molecular weight excluding hydrogens is 278 g/mol. The lowest BCUT2D eigenvalue weighted by Crippen LogP contribution is -2.40. The zero-order valence-electron chi connectivity index (χ0n) is 11.6. The van der Waals surface area contributed by atoms with Crippen LogP contribution in [0.25, 0.3) is 0 Å². The predicted octanol–water partition coefficient (Wildman–Crippen LogP) is -0.620. The number of aromatic nitrogens is 2. The molecule has 0 saturated carbocycles. The van der Waals surface area contributed by atoms with Crippen LogP contribution in [0.5, 0.6) is 0 Å². The van der Waals surface area contributed by atoms with E-state index in [-0.39, 0.29) is 18.7 Å². The summed E-state index contributed by atoms with van der Waals surface area (Å²) in [6, 6.07) is -0.771. The highest BCUT2D eigenvalue weighted by molar-refractivity contribution is 5.84. The molecule has 0 spiro atoms. The standard InChI is InChI=1S/C13H17N3O5/c1-7-8(11(18)15-13(21)14-7)4-5-10(17)16-6-2-3-9(16)12(19)20/h9H,2-6H2,1H3,(H,19,20)(H2,14,15,18,21)/t9-/m0/s1. The van der Waals surface area contributed by atoms with Crippen LogP contribution in [0, 0.1) is 6.92 Å². The van der Waals surface area contributed by atoms with Crippen molar-refractivity contribution in [2.45, 2.75) is 38.6 Å². The van der Waals surface area contributed by atoms with Gasteiger partial charge in [-0.2, -0.15) is 0 Å². The first kappa shape index (κ1) is 15.0. The van der Waals surface area contributed by atoms with Gasteiger partial charge in [-0.05, 0) is 26.2 Å². The third-order valence-electron chi connectivity index (χ3n) is 3.70. The van der Waals surface area contributed by atoms with E-state index in [0.717, 1.165) is 0 Å². The third-order valence-corrected chi connectivity index (χ3v) is 3.70. The highest BCUT2D eigenvalue weighted by Gasteiger charge is 2.33. The molecule has 1 fully saturated rings. The van der Waals surface area contributed by atoms with E-state index < -0.39 is 23.3 Å². The van der Waals surface area contributed by atoms with E-state index in [9.17, 15) is 19.2 Å². The number of carboxylic acid groups (broad SMARTS) is 1. The first-order valence-corrected chi connectivity index (χ1v) is 6.74. The molecule has 1 amide bonds. The minimum absolute atomic E-state index is 0.0414. The molecule has 2 rings (SSSR count). The van der Waals surface area contributed by atoms with E-state index in [1.165, 1.54) is 4.90 Å². The smallest absolute Gasteiger partial charge is 0.326 e. The Balaban J connectivity index is 2.07. The topological polar surface area (TPSA) is 123 Å². The highest BCUT2D eigenvalue weighted by atomic mass is 16.4. The van der Waals surface area contributed by atoms with Gasteiger partial charge in [-0.1, -0.05) is 0 Å². The number of carbonyl (C=O) groups excluding carboxylic acids is 1. The molecule has 0 aromatic carbocycles. The number of H-pyrrole nitrogens is 2. The van der Waals surface area contributed by atoms with Crippen molar-refractivity contribution >= 4 is 11.9 Å². The Morgan fingerprint density at radius 1 is 1.33 bits per heavy atom. The number of hydrogen-bond donors (Lipinski definition) is 3. The van der Waals surface area contributed by atoms with Crippen molar-refractivity contribution < 1.29 is 14.7 Å². The quantitative estimate of drug-likeness (QED) is 0.683. The molecule has 1 aliphatic rings. The molecule has 0 radical (unpaired) electrons. The highest BCUT2D eigenvalue weighted by Crippen LogP contribution is 2.19. The van der Waals surface area contributed by atoms with Crippen LogP contribution in [0.1, 0.15) is 30.5 Å². The van der Waals surface area contributed by atoms with Gasteiger partial charge < -0.3 is 15.0 Å². The summed E-state index contributed by atoms with van der Waals surface area (Å²) in [7, 11) is 0. The minimum atomic E-state index is -1.00. The summed E-state index contributed by atoms with van der Waals surface area (Å²) >= 11 is 0. The molecule has 8 nitrogen and oxygen atoms in total. The van der Waals surface area contributed by atoms with Crippen molar-refractivity contribution in [3.63, 3.8) is 0 Å². The van der Waals surface area contributed by atoms with Gasteiger partial charge in [-0.15, -0.1) is 0 Å². The van der Waals surface area contributed by atoms with Crippen molar-refractivity contribution in [3.05, 3.63) is 32.1 Å². The van der Waals surface area contributed by atoms with Gasteiger partial charge in [-0.25, -0.2) is 9.59 Å². The van der Waals surface area contributed by atoms with Gasteiger partial charge >= 0.3 is 11.7 Å². The zero-order chi connectivity index (χ0) is 15.6. The summed E-state index contributed by atoms with van der Waals surface area (Å²) in [4.78, 5) is 51.8. The van der Waals surface area contributed by atoms with E-state index in [4.69, 9.17) is 5.11 Å². The average Bonchev–Trinajstić information content (AvgIpc) is 2.86. The number of carboxylic acids is 1. The fourth-order valence-corrected chi connectivity index (χ4v) is 2.62. The Kier molecular flexibility index (Phi) is 4.25. The van der Waals surface area contributed by atoms with Crippen LogP contribution in [-0.2, 0) is 16.0 Å². The van der Waals surface area contributed by atoms with Crippen molar-refractivity contribution in [3.8, 4) is 0 Å². The van der Waals surface area contributed by atoms with Crippen LogP contribution >= 0.6 is 0 Å². The van der Waals surface area contributed by atoms with E-state index >= 15 is 0 Å². The molecule has 0 bridgehead atoms. The van der Waals surface area contributed by atoms with Crippen LogP contribution in [-0.4, -0.2) is 44.4 Å². The Morgan fingerprint density at radius 3 is 2.67 bits per heavy atom. The van der Waals surface area contributed by atoms with Crippen molar-refractivity contribution in [1.29, 1.82) is 0 Å². The van der Waals surface area contributed by atoms with Gasteiger partial charge in [0.1, 0.15) is 6.04 Å². The predicted molar refractivity (Wildman–Crippen MR) is 73.1 cm³/mol. The monoisotopic (exact) mass is 295 g/mol. The van der Waals surface area contributed by atoms with Crippen molar-refractivity contribution in [2.24, 2.45) is 0 Å². The maximum absolute atomic E-state index is 12.1. The number of nitrogens with zero attached hydrogens (tertiary/aromatic N) is 1. The number of nitrogens with one attached hydrogen (secondary N) is 2. The van der Waals surface area contributed by atoms with Crippen LogP contribution in [0.3, 0.4) is 0 Å². The average molecular weight is 295 g/mol. The molecule has 0 unspecified atom stereocenters. The normalized spacial score (nSPS) is 18.0. The fourth-order valence-electron chi connectivity index (χ4n) is 2.62. The second kappa shape index (κ2) is 5.94. The van der Waals surface area contributed by atoms with E-state index in [2.05, 4.69) is 9.97 Å². The maximum atomic E-state index is 12.1. The summed E-state index contributed by atoms with van der Waals surface area (Å²) in [5, 5.41) is 9.05. The van der Waals surface area contributed by atoms with Gasteiger partial charge in [0.15, 0.2) is 0 Å². The molecule has 114 valence electrons. The van der Waals surface area contributed by atoms with Crippen molar-refractivity contribution in [1.82, 2.24) is 14.9 Å². The molecule has 1 aliphatic heterocycles. The van der Waals surface area contributed by atoms with Crippen molar-refractivity contribution in [2.75, 3.05) is 6.54 Å². The number of aromatic amines is 2. The van der Waals surface area contributed by atoms with E-state index in [0.29, 0.717) is 30.6 Å². The van der Waals surface area contributed by atoms with Crippen LogP contribution in [0.4, 0.5) is 0 Å². The van der Waals surface area contributed by atoms with Gasteiger partial charge in [0.05, 0.1) is 0 Å². The van der Waals surface area contributed by atoms with Crippen LogP contribution in [0.15, 0.2) is 9.59 Å². The lowest BCUT2D eigenvalue weighted by Gasteiger charge is -2.21. The summed E-state index contributed by atoms with van der Waals surface area (Å²) in [5.41, 5.74) is -0.333. The number of carbonyl (C=O) groups is 2. The number of rotatable bonds is 4. The Hall–Kier alpha value is -2.38. The van der Waals surface area contributed by atoms with E-state index in [1.807, 2.05) is 0 Å². The fraction of sp³-hybridized carbons (Fsp3) is 0.538. The summed E-state index contributed by atoms with van der Waals surface area (Å²) < 4.78 is 0. The number of amides is 1. The molecule has 1 atom stereocenters. The molecule has 1 aromatic rings. The molecule has 1 saturated heterocycles. The van der Waals surface area contributed by atoms with Crippen LogP contribution in [0.2, 0.25) is 0 Å². The SMILES string of the molecule is Cc1[nH]c(=O)[nH]c(=O)c1CCC(=O)N1CCC[C@H]1C(=O)O. The lowest BCUT2D eigenvalue weighted by molar-refractivity contribution is -0.148. The zero-order valence-corrected chi connectivity index (χ0v) is 11.6. The van der Waals surface area contributed by atoms with Gasteiger partial charge in [0, 0.05) is 24.2 Å². The first-order chi connectivity index (χ1) is 9.90. The summed E-state index contributed by atoms with van der Waals surface area (Å²) in [6.45, 7) is 2.02. The number of aliphatic carboxylic acids is 1. The number of hydrogen-bond acceptors (Lipinski definition) is 4. The Morgan fingerprint density at radius 2 is 2.05 bits per heavy atom. The number of likely N-dealkylation sites (tertiary alicyclic amines) is 1. The first-order valence-electron chi connectivity index (χ1n) is 6.74. The van der Waals surface area contributed by atoms with Gasteiger partial charge in [0.25, 0.3) is 5.56 Å². The molecule has 21 heavy (non-hydrogen) atoms. The molecule has 1 aromatic heterocycles. The minimum Gasteiger partial charge on any atom is -0.480 e. The molecule has 2 heterocycles. The second-order valence-electron chi connectivity index (χ2n) is 5.10. The van der Waals surface area contributed by atoms with Gasteiger partial charge in [-0.3, -0.25) is 14.6 Å².